The highest BCUT2D eigenvalue weighted by Gasteiger charge is 2.12. The highest BCUT2D eigenvalue weighted by Crippen LogP contribution is 2.29. The van der Waals surface area contributed by atoms with E-state index in [1.807, 2.05) is 6.07 Å². The molecule has 0 bridgehead atoms. The number of thioether (sulfide) groups is 1. The number of hydrogen-bond acceptors (Lipinski definition) is 4. The summed E-state index contributed by atoms with van der Waals surface area (Å²) in [4.78, 5) is 11.2. The van der Waals surface area contributed by atoms with Gasteiger partial charge in [-0.1, -0.05) is 19.1 Å². The number of nitrogens with zero attached hydrogens (tertiary/aromatic N) is 1. The highest BCUT2D eigenvalue weighted by molar-refractivity contribution is 7.99. The molecule has 0 aliphatic rings. The maximum Gasteiger partial charge on any atom is 0.282 e. The molecular formula is C12H18N2O2S. The van der Waals surface area contributed by atoms with Crippen LogP contribution in [0.25, 0.3) is 0 Å². The van der Waals surface area contributed by atoms with Crippen LogP contribution in [0.5, 0.6) is 0 Å². The Morgan fingerprint density at radius 3 is 2.82 bits per heavy atom. The van der Waals surface area contributed by atoms with E-state index in [4.69, 9.17) is 0 Å². The van der Waals surface area contributed by atoms with Crippen LogP contribution in [0.3, 0.4) is 0 Å². The number of nitrogens with one attached hydrogen (secondary N) is 1. The van der Waals surface area contributed by atoms with Gasteiger partial charge in [-0.15, -0.1) is 11.8 Å². The Bertz CT molecular complexity index is 371. The van der Waals surface area contributed by atoms with Crippen LogP contribution in [0.15, 0.2) is 29.2 Å². The SMILES string of the molecule is CCNC(C)CCSc1ccccc1[N+](=O)[O-]. The Morgan fingerprint density at radius 1 is 1.47 bits per heavy atom. The van der Waals surface area contributed by atoms with Crippen LogP contribution in [-0.4, -0.2) is 23.3 Å². The molecule has 0 fully saturated rings. The summed E-state index contributed by atoms with van der Waals surface area (Å²) in [6.45, 7) is 5.16. The standard InChI is InChI=1S/C12H18N2O2S/c1-3-13-10(2)8-9-17-12-7-5-4-6-11(12)14(15)16/h4-7,10,13H,3,8-9H2,1-2H3. The Hall–Kier alpha value is -1.07. The van der Waals surface area contributed by atoms with E-state index < -0.39 is 0 Å². The van der Waals surface area contributed by atoms with Crippen LogP contribution in [0.2, 0.25) is 0 Å². The lowest BCUT2D eigenvalue weighted by atomic mass is 10.3. The smallest absolute Gasteiger partial charge is 0.282 e. The Morgan fingerprint density at radius 2 is 2.18 bits per heavy atom. The number of hydrogen-bond donors (Lipinski definition) is 1. The van der Waals surface area contributed by atoms with E-state index in [1.54, 1.807) is 30.0 Å². The molecule has 0 aliphatic carbocycles. The molecule has 0 amide bonds. The predicted molar refractivity (Wildman–Crippen MR) is 71.6 cm³/mol. The van der Waals surface area contributed by atoms with Gasteiger partial charge in [-0.05, 0) is 31.7 Å². The summed E-state index contributed by atoms with van der Waals surface area (Å²) in [6.07, 6.45) is 1.00. The second-order valence-electron chi connectivity index (χ2n) is 3.82. The second kappa shape index (κ2) is 7.29. The average Bonchev–Trinajstić information content (AvgIpc) is 2.30. The molecular weight excluding hydrogens is 236 g/mol. The second-order valence-corrected chi connectivity index (χ2v) is 4.96. The minimum absolute atomic E-state index is 0.202. The van der Waals surface area contributed by atoms with Gasteiger partial charge in [0.25, 0.3) is 5.69 Å². The van der Waals surface area contributed by atoms with Gasteiger partial charge in [0, 0.05) is 12.1 Å². The zero-order valence-electron chi connectivity index (χ0n) is 10.2. The molecule has 1 atom stereocenters. The van der Waals surface area contributed by atoms with Crippen molar-refractivity contribution in [2.24, 2.45) is 0 Å². The third-order valence-electron chi connectivity index (χ3n) is 2.42. The molecule has 17 heavy (non-hydrogen) atoms. The van der Waals surface area contributed by atoms with Crippen molar-refractivity contribution in [2.45, 2.75) is 31.2 Å². The minimum atomic E-state index is -0.323. The summed E-state index contributed by atoms with van der Waals surface area (Å²) in [5, 5.41) is 14.1. The molecule has 1 unspecified atom stereocenters. The number of rotatable bonds is 7. The first kappa shape index (κ1) is 14.0. The first-order valence-corrected chi connectivity index (χ1v) is 6.73. The predicted octanol–water partition coefficient (Wildman–Crippen LogP) is 3.08. The summed E-state index contributed by atoms with van der Waals surface area (Å²) in [6, 6.07) is 7.35. The topological polar surface area (TPSA) is 55.2 Å². The van der Waals surface area contributed by atoms with Crippen LogP contribution < -0.4 is 5.32 Å². The van der Waals surface area contributed by atoms with Crippen LogP contribution in [0, 0.1) is 10.1 Å². The summed E-state index contributed by atoms with van der Waals surface area (Å²) >= 11 is 1.55. The monoisotopic (exact) mass is 254 g/mol. The van der Waals surface area contributed by atoms with Crippen molar-refractivity contribution < 1.29 is 4.92 Å². The third kappa shape index (κ3) is 4.75. The van der Waals surface area contributed by atoms with Gasteiger partial charge in [0.15, 0.2) is 0 Å². The average molecular weight is 254 g/mol. The number of para-hydroxylation sites is 1. The van der Waals surface area contributed by atoms with Gasteiger partial charge >= 0.3 is 0 Å². The normalized spacial score (nSPS) is 12.4. The molecule has 0 spiro atoms. The van der Waals surface area contributed by atoms with Crippen molar-refractivity contribution in [1.29, 1.82) is 0 Å². The molecule has 0 saturated carbocycles. The Labute approximate surface area is 106 Å². The molecule has 5 heteroatoms. The molecule has 0 saturated heterocycles. The van der Waals surface area contributed by atoms with E-state index >= 15 is 0 Å². The van der Waals surface area contributed by atoms with Crippen molar-refractivity contribution in [1.82, 2.24) is 5.32 Å². The van der Waals surface area contributed by atoms with Crippen molar-refractivity contribution in [3.8, 4) is 0 Å². The molecule has 1 aromatic rings. The molecule has 0 heterocycles. The molecule has 1 rings (SSSR count). The van der Waals surface area contributed by atoms with E-state index in [9.17, 15) is 10.1 Å². The number of nitro benzene ring substituents is 1. The van der Waals surface area contributed by atoms with Crippen molar-refractivity contribution >= 4 is 17.4 Å². The maximum absolute atomic E-state index is 10.8. The molecule has 1 aromatic carbocycles. The van der Waals surface area contributed by atoms with Crippen LogP contribution in [-0.2, 0) is 0 Å². The minimum Gasteiger partial charge on any atom is -0.315 e. The molecule has 1 N–H and O–H groups in total. The van der Waals surface area contributed by atoms with E-state index in [0.717, 1.165) is 23.6 Å². The fourth-order valence-electron chi connectivity index (χ4n) is 1.53. The fraction of sp³-hybridized carbons (Fsp3) is 0.500. The summed E-state index contributed by atoms with van der Waals surface area (Å²) < 4.78 is 0. The number of nitro groups is 1. The first-order chi connectivity index (χ1) is 8.15. The lowest BCUT2D eigenvalue weighted by Gasteiger charge is -2.11. The maximum atomic E-state index is 10.8. The molecule has 4 nitrogen and oxygen atoms in total. The number of benzene rings is 1. The van der Waals surface area contributed by atoms with Gasteiger partial charge < -0.3 is 5.32 Å². The van der Waals surface area contributed by atoms with E-state index in [-0.39, 0.29) is 10.6 Å². The summed E-state index contributed by atoms with van der Waals surface area (Å²) in [5.41, 5.74) is 0.202. The lowest BCUT2D eigenvalue weighted by molar-refractivity contribution is -0.387. The van der Waals surface area contributed by atoms with Gasteiger partial charge in [-0.3, -0.25) is 10.1 Å². The zero-order valence-corrected chi connectivity index (χ0v) is 11.0. The fourth-order valence-corrected chi connectivity index (χ4v) is 2.68. The van der Waals surface area contributed by atoms with Crippen molar-refractivity contribution in [2.75, 3.05) is 12.3 Å². The van der Waals surface area contributed by atoms with Crippen LogP contribution >= 0.6 is 11.8 Å². The third-order valence-corrected chi connectivity index (χ3v) is 3.52. The van der Waals surface area contributed by atoms with Gasteiger partial charge in [0.05, 0.1) is 9.82 Å². The zero-order chi connectivity index (χ0) is 12.7. The molecule has 0 aromatic heterocycles. The van der Waals surface area contributed by atoms with Gasteiger partial charge in [0.1, 0.15) is 0 Å². The summed E-state index contributed by atoms with van der Waals surface area (Å²) in [5.74, 6) is 0.888. The summed E-state index contributed by atoms with van der Waals surface area (Å²) in [7, 11) is 0. The molecule has 0 aliphatic heterocycles. The lowest BCUT2D eigenvalue weighted by Crippen LogP contribution is -2.25. The Balaban J connectivity index is 2.49. The van der Waals surface area contributed by atoms with Crippen molar-refractivity contribution in [3.63, 3.8) is 0 Å². The van der Waals surface area contributed by atoms with Crippen LogP contribution in [0.4, 0.5) is 5.69 Å². The largest absolute Gasteiger partial charge is 0.315 e. The van der Waals surface area contributed by atoms with Gasteiger partial charge in [-0.2, -0.15) is 0 Å². The van der Waals surface area contributed by atoms with Gasteiger partial charge in [0.2, 0.25) is 0 Å². The van der Waals surface area contributed by atoms with Crippen molar-refractivity contribution in [3.05, 3.63) is 34.4 Å². The van der Waals surface area contributed by atoms with Gasteiger partial charge in [-0.25, -0.2) is 0 Å². The quantitative estimate of drug-likeness (QED) is 0.461. The molecule has 94 valence electrons. The van der Waals surface area contributed by atoms with E-state index in [1.165, 1.54) is 0 Å². The van der Waals surface area contributed by atoms with E-state index in [0.29, 0.717) is 6.04 Å². The van der Waals surface area contributed by atoms with Crippen LogP contribution in [0.1, 0.15) is 20.3 Å². The van der Waals surface area contributed by atoms with E-state index in [2.05, 4.69) is 19.2 Å². The highest BCUT2D eigenvalue weighted by atomic mass is 32.2. The molecule has 0 radical (unpaired) electrons. The first-order valence-electron chi connectivity index (χ1n) is 5.74. The Kier molecular flexibility index (Phi) is 6.00.